The van der Waals surface area contributed by atoms with Gasteiger partial charge in [-0.25, -0.2) is 9.97 Å². The topological polar surface area (TPSA) is 95.5 Å². The highest BCUT2D eigenvalue weighted by molar-refractivity contribution is 5.85. The van der Waals surface area contributed by atoms with Crippen molar-refractivity contribution in [2.24, 2.45) is 5.92 Å². The lowest BCUT2D eigenvalue weighted by atomic mass is 9.96. The van der Waals surface area contributed by atoms with Crippen molar-refractivity contribution < 1.29 is 8.78 Å². The van der Waals surface area contributed by atoms with Crippen LogP contribution in [0.1, 0.15) is 86.3 Å². The number of hydrogen-bond acceptors (Lipinski definition) is 5. The van der Waals surface area contributed by atoms with Gasteiger partial charge in [0.1, 0.15) is 17.2 Å². The number of nitrogens with zero attached hydrogens (tertiary/aromatic N) is 6. The van der Waals surface area contributed by atoms with Crippen molar-refractivity contribution in [2.75, 3.05) is 13.1 Å². The molecule has 2 saturated carbocycles. The number of aromatic nitrogens is 5. The predicted octanol–water partition coefficient (Wildman–Crippen LogP) is 7.50. The maximum atomic E-state index is 14.2. The highest BCUT2D eigenvalue weighted by Gasteiger charge is 2.30. The molecule has 10 heteroatoms. The molecule has 5 heterocycles. The molecule has 0 bridgehead atoms. The molecule has 1 atom stereocenters. The summed E-state index contributed by atoms with van der Waals surface area (Å²) in [7, 11) is 0. The SMILES string of the molecule is C[C@H]1CCCN(Cc2cc3c(C4CC4)cn(-c4cc(-c5ccc(C#N)cc5-c5nccn5C(F)F)cc(C5CC5)n4)c(=O)c3[nH]2)C1. The van der Waals surface area contributed by atoms with Gasteiger partial charge in [0.2, 0.25) is 0 Å². The van der Waals surface area contributed by atoms with E-state index >= 15 is 0 Å². The van der Waals surface area contributed by atoms with Crippen LogP contribution in [0.5, 0.6) is 0 Å². The first-order valence-electron chi connectivity index (χ1n) is 16.2. The van der Waals surface area contributed by atoms with Crippen LogP contribution < -0.4 is 5.56 Å². The van der Waals surface area contributed by atoms with Gasteiger partial charge in [-0.05, 0) is 104 Å². The number of halogens is 2. The third-order valence-electron chi connectivity index (χ3n) is 9.69. The van der Waals surface area contributed by atoms with E-state index in [1.807, 2.05) is 18.3 Å². The third-order valence-corrected chi connectivity index (χ3v) is 9.69. The van der Waals surface area contributed by atoms with Crippen molar-refractivity contribution in [2.45, 2.75) is 70.4 Å². The highest BCUT2D eigenvalue weighted by atomic mass is 19.3. The molecule has 234 valence electrons. The molecule has 0 spiro atoms. The van der Waals surface area contributed by atoms with Gasteiger partial charge >= 0.3 is 6.55 Å². The Morgan fingerprint density at radius 2 is 1.89 bits per heavy atom. The molecule has 8 nitrogen and oxygen atoms in total. The van der Waals surface area contributed by atoms with Crippen LogP contribution in [0.25, 0.3) is 39.2 Å². The Morgan fingerprint density at radius 3 is 2.63 bits per heavy atom. The van der Waals surface area contributed by atoms with Crippen molar-refractivity contribution in [3.63, 3.8) is 0 Å². The fourth-order valence-electron chi connectivity index (χ4n) is 7.07. The lowest BCUT2D eigenvalue weighted by Crippen LogP contribution is -2.33. The van der Waals surface area contributed by atoms with Crippen LogP contribution in [-0.2, 0) is 6.54 Å². The second-order valence-corrected chi connectivity index (χ2v) is 13.3. The number of imidazole rings is 1. The summed E-state index contributed by atoms with van der Waals surface area (Å²) in [5.41, 5.74) is 5.67. The van der Waals surface area contributed by atoms with E-state index in [0.717, 1.165) is 77.8 Å². The van der Waals surface area contributed by atoms with Gasteiger partial charge in [0, 0.05) is 59.9 Å². The number of fused-ring (bicyclic) bond motifs is 1. The minimum absolute atomic E-state index is 0.0741. The summed E-state index contributed by atoms with van der Waals surface area (Å²) in [5.74, 6) is 1.92. The van der Waals surface area contributed by atoms with Gasteiger partial charge in [-0.2, -0.15) is 14.0 Å². The summed E-state index contributed by atoms with van der Waals surface area (Å²) < 4.78 is 30.4. The average Bonchev–Trinajstić information content (AvgIpc) is 3.99. The van der Waals surface area contributed by atoms with E-state index < -0.39 is 6.55 Å². The van der Waals surface area contributed by atoms with Crippen LogP contribution in [0.4, 0.5) is 8.78 Å². The summed E-state index contributed by atoms with van der Waals surface area (Å²) in [4.78, 5) is 29.5. The molecule has 8 rings (SSSR count). The summed E-state index contributed by atoms with van der Waals surface area (Å²) in [5, 5.41) is 10.6. The molecule has 3 fully saturated rings. The van der Waals surface area contributed by atoms with Gasteiger partial charge in [0.25, 0.3) is 5.56 Å². The van der Waals surface area contributed by atoms with Crippen molar-refractivity contribution in [1.29, 1.82) is 5.26 Å². The number of nitriles is 1. The van der Waals surface area contributed by atoms with Crippen LogP contribution in [0.15, 0.2) is 59.8 Å². The maximum Gasteiger partial charge on any atom is 0.320 e. The Bertz CT molecular complexity index is 2060. The van der Waals surface area contributed by atoms with Crippen molar-refractivity contribution in [3.8, 4) is 34.4 Å². The molecule has 3 aliphatic rings. The van der Waals surface area contributed by atoms with E-state index in [4.69, 9.17) is 4.98 Å². The summed E-state index contributed by atoms with van der Waals surface area (Å²) in [6, 6.07) is 13.2. The van der Waals surface area contributed by atoms with Crippen molar-refractivity contribution in [3.05, 3.63) is 87.9 Å². The first-order valence-corrected chi connectivity index (χ1v) is 16.2. The zero-order valence-electron chi connectivity index (χ0n) is 25.7. The first-order chi connectivity index (χ1) is 22.4. The smallest absolute Gasteiger partial charge is 0.320 e. The Morgan fingerprint density at radius 1 is 1.07 bits per heavy atom. The minimum atomic E-state index is -2.79. The molecule has 5 aromatic rings. The van der Waals surface area contributed by atoms with Crippen molar-refractivity contribution in [1.82, 2.24) is 29.0 Å². The lowest BCUT2D eigenvalue weighted by molar-refractivity contribution is 0.0720. The van der Waals surface area contributed by atoms with Crippen LogP contribution in [0.2, 0.25) is 0 Å². The van der Waals surface area contributed by atoms with Gasteiger partial charge in [0.15, 0.2) is 0 Å². The second-order valence-electron chi connectivity index (χ2n) is 13.3. The van der Waals surface area contributed by atoms with Crippen LogP contribution >= 0.6 is 0 Å². The van der Waals surface area contributed by atoms with Crippen LogP contribution in [0, 0.1) is 17.2 Å². The maximum absolute atomic E-state index is 14.2. The number of benzene rings is 1. The highest BCUT2D eigenvalue weighted by Crippen LogP contribution is 2.44. The number of hydrogen-bond donors (Lipinski definition) is 1. The Labute approximate surface area is 265 Å². The predicted molar refractivity (Wildman–Crippen MR) is 172 cm³/mol. The van der Waals surface area contributed by atoms with Gasteiger partial charge in [-0.1, -0.05) is 13.0 Å². The van der Waals surface area contributed by atoms with Gasteiger partial charge < -0.3 is 4.98 Å². The van der Waals surface area contributed by atoms with E-state index in [1.165, 1.54) is 25.2 Å². The molecular formula is C36H35F2N7O. The zero-order chi connectivity index (χ0) is 31.5. The zero-order valence-corrected chi connectivity index (χ0v) is 25.7. The molecule has 0 amide bonds. The van der Waals surface area contributed by atoms with Crippen LogP contribution in [-0.4, -0.2) is 42.1 Å². The third kappa shape index (κ3) is 5.32. The molecule has 1 N–H and O–H groups in total. The van der Waals surface area contributed by atoms with E-state index in [1.54, 1.807) is 22.8 Å². The number of H-pyrrole nitrogens is 1. The fourth-order valence-corrected chi connectivity index (χ4v) is 7.07. The van der Waals surface area contributed by atoms with Gasteiger partial charge in [-0.3, -0.25) is 18.8 Å². The summed E-state index contributed by atoms with van der Waals surface area (Å²) in [6.07, 6.45) is 11.2. The molecule has 0 radical (unpaired) electrons. The van der Waals surface area contributed by atoms with E-state index in [0.29, 0.717) is 39.9 Å². The Kier molecular flexibility index (Phi) is 7.09. The number of piperidine rings is 1. The van der Waals surface area contributed by atoms with Crippen LogP contribution in [0.3, 0.4) is 0 Å². The van der Waals surface area contributed by atoms with Gasteiger partial charge in [-0.15, -0.1) is 0 Å². The molecule has 1 aliphatic heterocycles. The number of aromatic amines is 1. The molecule has 1 aromatic carbocycles. The molecule has 0 unspecified atom stereocenters. The molecule has 4 aromatic heterocycles. The molecule has 1 saturated heterocycles. The van der Waals surface area contributed by atoms with Gasteiger partial charge in [0.05, 0.1) is 11.6 Å². The van der Waals surface area contributed by atoms with E-state index in [9.17, 15) is 18.8 Å². The standard InChI is InChI=1S/C36H35F2N7O/c1-21-3-2-11-43(18-21)19-26-16-28-30(23-5-6-23)20-45(35(46)33(28)41-26)32-15-25(14-31(42-32)24-7-8-24)27-9-4-22(17-39)13-29(27)34-40-10-12-44(34)36(37)38/h4,9-10,12-16,20-21,23-24,36,41H,2-3,5-8,11,18-19H2,1H3/t21-/m0/s1. The van der Waals surface area contributed by atoms with E-state index in [2.05, 4.69) is 33.9 Å². The largest absolute Gasteiger partial charge is 0.353 e. The quantitative estimate of drug-likeness (QED) is 0.194. The Hall–Kier alpha value is -4.62. The Balaban J connectivity index is 1.27. The summed E-state index contributed by atoms with van der Waals surface area (Å²) in [6.45, 7) is 2.42. The molecular weight excluding hydrogens is 584 g/mol. The lowest BCUT2D eigenvalue weighted by Gasteiger charge is -2.30. The van der Waals surface area contributed by atoms with E-state index in [-0.39, 0.29) is 17.3 Å². The minimum Gasteiger partial charge on any atom is -0.353 e. The number of nitrogens with one attached hydrogen (secondary N) is 1. The average molecular weight is 620 g/mol. The number of pyridine rings is 2. The first kappa shape index (κ1) is 28.8. The van der Waals surface area contributed by atoms with Crippen molar-refractivity contribution >= 4 is 10.9 Å². The number of alkyl halides is 2. The monoisotopic (exact) mass is 619 g/mol. The fraction of sp³-hybridized carbons (Fsp3) is 0.389. The molecule has 46 heavy (non-hydrogen) atoms. The summed E-state index contributed by atoms with van der Waals surface area (Å²) >= 11 is 0. The normalized spacial score (nSPS) is 18.8. The number of likely N-dealkylation sites (tertiary alicyclic amines) is 1. The molecule has 2 aliphatic carbocycles. The number of rotatable bonds is 8. The second kappa shape index (κ2) is 11.3.